The van der Waals surface area contributed by atoms with Crippen LogP contribution in [0.4, 0.5) is 4.39 Å². The first-order chi connectivity index (χ1) is 7.20. The Morgan fingerprint density at radius 3 is 2.87 bits per heavy atom. The van der Waals surface area contributed by atoms with E-state index in [4.69, 9.17) is 6.42 Å². The highest BCUT2D eigenvalue weighted by Gasteiger charge is 2.10. The monoisotopic (exact) mass is 282 g/mol. The maximum Gasteiger partial charge on any atom is 0.209 e. The van der Waals surface area contributed by atoms with Gasteiger partial charge in [0.1, 0.15) is 10.8 Å². The minimum atomic E-state index is -0.349. The van der Waals surface area contributed by atoms with Gasteiger partial charge in [0, 0.05) is 11.1 Å². The molecule has 0 aliphatic heterocycles. The van der Waals surface area contributed by atoms with Crippen LogP contribution in [0, 0.1) is 18.2 Å². The molecule has 0 atom stereocenters. The van der Waals surface area contributed by atoms with Gasteiger partial charge in [0.15, 0.2) is 0 Å². The summed E-state index contributed by atoms with van der Waals surface area (Å²) >= 11 is 4.23. The summed E-state index contributed by atoms with van der Waals surface area (Å²) in [6.45, 7) is 0. The second kappa shape index (κ2) is 4.09. The molecular formula is C10H4BrFN2S. The highest BCUT2D eigenvalue weighted by Crippen LogP contribution is 2.26. The van der Waals surface area contributed by atoms with Gasteiger partial charge < -0.3 is 0 Å². The Morgan fingerprint density at radius 1 is 1.47 bits per heavy atom. The predicted octanol–water partition coefficient (Wildman–Crippen LogP) is 3.09. The summed E-state index contributed by atoms with van der Waals surface area (Å²) in [4.78, 5) is 4.03. The summed E-state index contributed by atoms with van der Waals surface area (Å²) in [6, 6.07) is 4.47. The third-order valence-corrected chi connectivity index (χ3v) is 3.10. The molecule has 0 aliphatic carbocycles. The van der Waals surface area contributed by atoms with Gasteiger partial charge in [-0.05, 0) is 45.7 Å². The third kappa shape index (κ3) is 2.06. The number of rotatable bonds is 1. The summed E-state index contributed by atoms with van der Waals surface area (Å²) in [5, 5.41) is 0.511. The molecule has 1 aromatic heterocycles. The molecule has 0 radical (unpaired) electrons. The number of hydrogen-bond acceptors (Lipinski definition) is 3. The molecule has 0 amide bonds. The lowest BCUT2D eigenvalue weighted by molar-refractivity contribution is 0.631. The topological polar surface area (TPSA) is 25.8 Å². The number of aromatic nitrogens is 2. The lowest BCUT2D eigenvalue weighted by Crippen LogP contribution is -1.85. The van der Waals surface area contributed by atoms with Crippen molar-refractivity contribution in [1.82, 2.24) is 9.36 Å². The first-order valence-corrected chi connectivity index (χ1v) is 5.53. The largest absolute Gasteiger partial charge is 0.209 e. The molecule has 2 rings (SSSR count). The van der Waals surface area contributed by atoms with Gasteiger partial charge in [-0.2, -0.15) is 4.37 Å². The van der Waals surface area contributed by atoms with Crippen LogP contribution in [0.1, 0.15) is 5.56 Å². The Morgan fingerprint density at radius 2 is 2.27 bits per heavy atom. The van der Waals surface area contributed by atoms with Gasteiger partial charge in [0.05, 0.1) is 0 Å². The predicted molar refractivity (Wildman–Crippen MR) is 60.9 cm³/mol. The molecule has 15 heavy (non-hydrogen) atoms. The van der Waals surface area contributed by atoms with Crippen LogP contribution in [0.15, 0.2) is 22.9 Å². The van der Waals surface area contributed by atoms with Gasteiger partial charge in [-0.15, -0.1) is 6.42 Å². The average Bonchev–Trinajstić information content (AvgIpc) is 2.65. The standard InChI is InChI=1S/C10H4BrFN2S/c1-2-6-3-4-8(12)7(5-6)9-13-10(11)14-15-9/h1,3-5H. The fourth-order valence-corrected chi connectivity index (χ4v) is 2.19. The molecule has 2 nitrogen and oxygen atoms in total. The zero-order valence-electron chi connectivity index (χ0n) is 7.37. The Bertz CT molecular complexity index is 545. The van der Waals surface area contributed by atoms with E-state index in [2.05, 4.69) is 31.2 Å². The number of benzene rings is 1. The van der Waals surface area contributed by atoms with Gasteiger partial charge in [-0.25, -0.2) is 9.37 Å². The van der Waals surface area contributed by atoms with E-state index in [0.29, 0.717) is 20.9 Å². The minimum Gasteiger partial charge on any atom is -0.209 e. The lowest BCUT2D eigenvalue weighted by atomic mass is 10.1. The van der Waals surface area contributed by atoms with E-state index in [1.807, 2.05) is 0 Å². The van der Waals surface area contributed by atoms with Crippen molar-refractivity contribution in [3.05, 3.63) is 34.3 Å². The quantitative estimate of drug-likeness (QED) is 0.752. The second-order valence-corrected chi connectivity index (χ2v) is 4.17. The van der Waals surface area contributed by atoms with Crippen LogP contribution < -0.4 is 0 Å². The van der Waals surface area contributed by atoms with Crippen molar-refractivity contribution in [3.8, 4) is 22.9 Å². The molecule has 0 unspecified atom stereocenters. The normalized spacial score (nSPS) is 9.93. The molecule has 1 heterocycles. The summed E-state index contributed by atoms with van der Waals surface area (Å²) in [6.07, 6.45) is 5.24. The SMILES string of the molecule is C#Cc1ccc(F)c(-c2nc(Br)ns2)c1. The van der Waals surface area contributed by atoms with Gasteiger partial charge >= 0.3 is 0 Å². The Kier molecular flexibility index (Phi) is 2.80. The van der Waals surface area contributed by atoms with Gasteiger partial charge in [-0.3, -0.25) is 0 Å². The molecule has 0 saturated carbocycles. The molecule has 0 bridgehead atoms. The molecule has 5 heteroatoms. The first-order valence-electron chi connectivity index (χ1n) is 3.96. The highest BCUT2D eigenvalue weighted by atomic mass is 79.9. The van der Waals surface area contributed by atoms with E-state index < -0.39 is 0 Å². The maximum absolute atomic E-state index is 13.5. The second-order valence-electron chi connectivity index (χ2n) is 2.71. The molecule has 0 N–H and O–H groups in total. The van der Waals surface area contributed by atoms with Gasteiger partial charge in [-0.1, -0.05) is 5.92 Å². The van der Waals surface area contributed by atoms with Crippen LogP contribution in [0.5, 0.6) is 0 Å². The number of hydrogen-bond donors (Lipinski definition) is 0. The summed E-state index contributed by atoms with van der Waals surface area (Å²) < 4.78 is 17.8. The Balaban J connectivity index is 2.57. The molecule has 74 valence electrons. The number of halogens is 2. The van der Waals surface area contributed by atoms with Crippen molar-refractivity contribution in [1.29, 1.82) is 0 Å². The molecular weight excluding hydrogens is 279 g/mol. The lowest BCUT2D eigenvalue weighted by Gasteiger charge is -1.98. The van der Waals surface area contributed by atoms with E-state index in [1.54, 1.807) is 12.1 Å². The maximum atomic E-state index is 13.5. The van der Waals surface area contributed by atoms with Gasteiger partial charge in [0.2, 0.25) is 4.73 Å². The average molecular weight is 283 g/mol. The van der Waals surface area contributed by atoms with E-state index in [9.17, 15) is 4.39 Å². The van der Waals surface area contributed by atoms with Crippen molar-refractivity contribution in [2.45, 2.75) is 0 Å². The van der Waals surface area contributed by atoms with Crippen LogP contribution in [-0.2, 0) is 0 Å². The molecule has 0 saturated heterocycles. The van der Waals surface area contributed by atoms with Crippen molar-refractivity contribution in [2.75, 3.05) is 0 Å². The Hall–Kier alpha value is -1.25. The van der Waals surface area contributed by atoms with Crippen LogP contribution >= 0.6 is 27.5 Å². The van der Waals surface area contributed by atoms with E-state index >= 15 is 0 Å². The van der Waals surface area contributed by atoms with Crippen LogP contribution in [-0.4, -0.2) is 9.36 Å². The fourth-order valence-electron chi connectivity index (χ4n) is 1.09. The summed E-state index contributed by atoms with van der Waals surface area (Å²) in [5.41, 5.74) is 1.01. The van der Waals surface area contributed by atoms with E-state index in [0.717, 1.165) is 11.5 Å². The van der Waals surface area contributed by atoms with Crippen molar-refractivity contribution >= 4 is 27.5 Å². The Labute approximate surface area is 98.5 Å². The summed E-state index contributed by atoms with van der Waals surface area (Å²) in [7, 11) is 0. The van der Waals surface area contributed by atoms with Crippen molar-refractivity contribution in [3.63, 3.8) is 0 Å². The van der Waals surface area contributed by atoms with Crippen molar-refractivity contribution < 1.29 is 4.39 Å². The smallest absolute Gasteiger partial charge is 0.209 e. The van der Waals surface area contributed by atoms with Crippen LogP contribution in [0.3, 0.4) is 0 Å². The molecule has 2 aromatic rings. The third-order valence-electron chi connectivity index (χ3n) is 1.76. The molecule has 1 aromatic carbocycles. The molecule has 0 aliphatic rings. The summed E-state index contributed by atoms with van der Waals surface area (Å²) in [5.74, 6) is 2.10. The molecule has 0 fully saturated rings. The fraction of sp³-hybridized carbons (Fsp3) is 0. The minimum absolute atomic E-state index is 0.349. The van der Waals surface area contributed by atoms with Gasteiger partial charge in [0.25, 0.3) is 0 Å². The number of nitrogens with zero attached hydrogens (tertiary/aromatic N) is 2. The van der Waals surface area contributed by atoms with Crippen LogP contribution in [0.25, 0.3) is 10.6 Å². The highest BCUT2D eigenvalue weighted by molar-refractivity contribution is 9.10. The zero-order valence-corrected chi connectivity index (χ0v) is 9.77. The van der Waals surface area contributed by atoms with E-state index in [1.165, 1.54) is 6.07 Å². The van der Waals surface area contributed by atoms with Crippen molar-refractivity contribution in [2.24, 2.45) is 0 Å². The van der Waals surface area contributed by atoms with Crippen LogP contribution in [0.2, 0.25) is 0 Å². The molecule has 0 spiro atoms. The van der Waals surface area contributed by atoms with E-state index in [-0.39, 0.29) is 5.82 Å². The zero-order chi connectivity index (χ0) is 10.8. The number of terminal acetylenes is 1. The first kappa shape index (κ1) is 10.3.